The molecule has 3 rings (SSSR count). The zero-order valence-corrected chi connectivity index (χ0v) is 16.2. The van der Waals surface area contributed by atoms with Gasteiger partial charge in [0.15, 0.2) is 0 Å². The number of hydrogen-bond acceptors (Lipinski definition) is 6. The summed E-state index contributed by atoms with van der Waals surface area (Å²) in [7, 11) is 0. The number of carbonyl (C=O) groups is 1. The number of halogens is 1. The van der Waals surface area contributed by atoms with E-state index in [0.717, 1.165) is 11.3 Å². The average Bonchev–Trinajstić information content (AvgIpc) is 3.14. The second kappa shape index (κ2) is 9.38. The van der Waals surface area contributed by atoms with Crippen LogP contribution in [0.1, 0.15) is 12.5 Å². The lowest BCUT2D eigenvalue weighted by Crippen LogP contribution is -2.24. The van der Waals surface area contributed by atoms with Gasteiger partial charge in [0, 0.05) is 11.6 Å². The van der Waals surface area contributed by atoms with Crippen LogP contribution in [0.5, 0.6) is 5.75 Å². The molecule has 9 heteroatoms. The van der Waals surface area contributed by atoms with Crippen molar-refractivity contribution in [3.8, 4) is 11.4 Å². The molecule has 0 unspecified atom stereocenters. The lowest BCUT2D eigenvalue weighted by atomic mass is 10.2. The highest BCUT2D eigenvalue weighted by Gasteiger charge is 2.14. The van der Waals surface area contributed by atoms with Gasteiger partial charge in [-0.1, -0.05) is 47.6 Å². The van der Waals surface area contributed by atoms with Gasteiger partial charge >= 0.3 is 0 Å². The van der Waals surface area contributed by atoms with E-state index in [9.17, 15) is 4.79 Å². The summed E-state index contributed by atoms with van der Waals surface area (Å²) in [6, 6.07) is 14.9. The molecule has 0 aliphatic heterocycles. The molecule has 0 atom stereocenters. The predicted octanol–water partition coefficient (Wildman–Crippen LogP) is 3.12. The fourth-order valence-corrected chi connectivity index (χ4v) is 3.29. The monoisotopic (exact) mass is 403 g/mol. The molecule has 0 aliphatic carbocycles. The molecule has 27 heavy (non-hydrogen) atoms. The second-order valence-electron chi connectivity index (χ2n) is 5.47. The van der Waals surface area contributed by atoms with E-state index in [-0.39, 0.29) is 11.7 Å². The van der Waals surface area contributed by atoms with E-state index >= 15 is 0 Å². The predicted molar refractivity (Wildman–Crippen MR) is 104 cm³/mol. The number of para-hydroxylation sites is 2. The number of hydrogen-bond donors (Lipinski definition) is 1. The Morgan fingerprint density at radius 2 is 2.11 bits per heavy atom. The van der Waals surface area contributed by atoms with Crippen molar-refractivity contribution < 1.29 is 9.53 Å². The number of rotatable bonds is 8. The minimum absolute atomic E-state index is 0.118. The van der Waals surface area contributed by atoms with Crippen LogP contribution < -0.4 is 10.1 Å². The summed E-state index contributed by atoms with van der Waals surface area (Å²) in [6.45, 7) is 2.86. The fraction of sp³-hybridized carbons (Fsp3) is 0.222. The van der Waals surface area contributed by atoms with Gasteiger partial charge in [-0.05, 0) is 47.2 Å². The molecule has 1 N–H and O–H groups in total. The van der Waals surface area contributed by atoms with Crippen molar-refractivity contribution >= 4 is 29.3 Å². The number of tetrazole rings is 1. The molecule has 0 saturated carbocycles. The van der Waals surface area contributed by atoms with Gasteiger partial charge in [0.25, 0.3) is 0 Å². The number of thioether (sulfide) groups is 1. The minimum Gasteiger partial charge on any atom is -0.492 e. The van der Waals surface area contributed by atoms with Crippen molar-refractivity contribution in [2.45, 2.75) is 18.6 Å². The van der Waals surface area contributed by atoms with Gasteiger partial charge in [-0.25, -0.2) is 0 Å². The first-order valence-corrected chi connectivity index (χ1v) is 9.68. The maximum Gasteiger partial charge on any atom is 0.230 e. The first-order chi connectivity index (χ1) is 13.2. The van der Waals surface area contributed by atoms with E-state index in [1.807, 2.05) is 49.4 Å². The van der Waals surface area contributed by atoms with Gasteiger partial charge in [0.05, 0.1) is 12.4 Å². The number of aromatic nitrogens is 4. The molecule has 3 aromatic rings. The molecule has 0 fully saturated rings. The van der Waals surface area contributed by atoms with Gasteiger partial charge in [-0.2, -0.15) is 4.68 Å². The van der Waals surface area contributed by atoms with Crippen molar-refractivity contribution in [1.82, 2.24) is 25.5 Å². The maximum absolute atomic E-state index is 12.1. The summed E-state index contributed by atoms with van der Waals surface area (Å²) in [4.78, 5) is 12.1. The number of nitrogens with zero attached hydrogens (tertiary/aromatic N) is 4. The van der Waals surface area contributed by atoms with Gasteiger partial charge < -0.3 is 10.1 Å². The third-order valence-electron chi connectivity index (χ3n) is 3.55. The molecular formula is C18H18ClN5O2S. The largest absolute Gasteiger partial charge is 0.492 e. The highest BCUT2D eigenvalue weighted by Crippen LogP contribution is 2.25. The summed E-state index contributed by atoms with van der Waals surface area (Å²) in [6.07, 6.45) is 0. The Kier molecular flexibility index (Phi) is 6.67. The Labute approximate surface area is 166 Å². The maximum atomic E-state index is 12.1. The SMILES string of the molecule is CCOc1ccccc1-n1nnnc1SCC(=O)NCc1cccc(Cl)c1. The van der Waals surface area contributed by atoms with Crippen molar-refractivity contribution in [3.63, 3.8) is 0 Å². The number of amides is 1. The second-order valence-corrected chi connectivity index (χ2v) is 6.85. The van der Waals surface area contributed by atoms with Gasteiger partial charge in [-0.15, -0.1) is 5.10 Å². The van der Waals surface area contributed by atoms with E-state index in [4.69, 9.17) is 16.3 Å². The zero-order chi connectivity index (χ0) is 19.1. The summed E-state index contributed by atoms with van der Waals surface area (Å²) >= 11 is 7.20. The van der Waals surface area contributed by atoms with Crippen LogP contribution in [-0.4, -0.2) is 38.5 Å². The van der Waals surface area contributed by atoms with Crippen LogP contribution in [0, 0.1) is 0 Å². The Balaban J connectivity index is 1.61. The molecule has 1 aromatic heterocycles. The Morgan fingerprint density at radius 3 is 2.93 bits per heavy atom. The van der Waals surface area contributed by atoms with Crippen LogP contribution in [0.15, 0.2) is 53.7 Å². The lowest BCUT2D eigenvalue weighted by molar-refractivity contribution is -0.118. The van der Waals surface area contributed by atoms with Crippen molar-refractivity contribution in [3.05, 3.63) is 59.1 Å². The Hall–Kier alpha value is -2.58. The van der Waals surface area contributed by atoms with Crippen LogP contribution in [0.2, 0.25) is 5.02 Å². The first kappa shape index (κ1) is 19.2. The first-order valence-electron chi connectivity index (χ1n) is 8.32. The molecule has 2 aromatic carbocycles. The normalized spacial score (nSPS) is 10.6. The quantitative estimate of drug-likeness (QED) is 0.582. The van der Waals surface area contributed by atoms with Crippen LogP contribution in [0.4, 0.5) is 0 Å². The summed E-state index contributed by atoms with van der Waals surface area (Å²) < 4.78 is 7.19. The van der Waals surface area contributed by atoms with Gasteiger partial charge in [0.2, 0.25) is 11.1 Å². The van der Waals surface area contributed by atoms with Crippen molar-refractivity contribution in [2.24, 2.45) is 0 Å². The Bertz CT molecular complexity index is 918. The van der Waals surface area contributed by atoms with Crippen molar-refractivity contribution in [1.29, 1.82) is 0 Å². The molecule has 1 amide bonds. The Morgan fingerprint density at radius 1 is 1.26 bits per heavy atom. The zero-order valence-electron chi connectivity index (χ0n) is 14.6. The van der Waals surface area contributed by atoms with Crippen LogP contribution in [-0.2, 0) is 11.3 Å². The molecule has 1 heterocycles. The summed E-state index contributed by atoms with van der Waals surface area (Å²) in [5.74, 6) is 0.754. The van der Waals surface area contributed by atoms with Crippen LogP contribution in [0.25, 0.3) is 5.69 Å². The molecule has 0 spiro atoms. The molecule has 0 aliphatic rings. The number of benzene rings is 2. The highest BCUT2D eigenvalue weighted by atomic mass is 35.5. The van der Waals surface area contributed by atoms with Crippen LogP contribution >= 0.6 is 23.4 Å². The molecule has 7 nitrogen and oxygen atoms in total. The number of carbonyl (C=O) groups excluding carboxylic acids is 1. The van der Waals surface area contributed by atoms with E-state index in [2.05, 4.69) is 20.8 Å². The van der Waals surface area contributed by atoms with Crippen LogP contribution in [0.3, 0.4) is 0 Å². The smallest absolute Gasteiger partial charge is 0.230 e. The molecule has 0 bridgehead atoms. The lowest BCUT2D eigenvalue weighted by Gasteiger charge is -2.10. The topological polar surface area (TPSA) is 81.9 Å². The highest BCUT2D eigenvalue weighted by molar-refractivity contribution is 7.99. The summed E-state index contributed by atoms with van der Waals surface area (Å²) in [5, 5.41) is 15.8. The van der Waals surface area contributed by atoms with Gasteiger partial charge in [0.1, 0.15) is 11.4 Å². The summed E-state index contributed by atoms with van der Waals surface area (Å²) in [5.41, 5.74) is 1.67. The third kappa shape index (κ3) is 5.21. The van der Waals surface area contributed by atoms with Crippen molar-refractivity contribution in [2.75, 3.05) is 12.4 Å². The number of nitrogens with one attached hydrogen (secondary N) is 1. The standard InChI is InChI=1S/C18H18ClN5O2S/c1-2-26-16-9-4-3-8-15(16)24-18(21-22-23-24)27-12-17(25)20-11-13-6-5-7-14(19)10-13/h3-10H,2,11-12H2,1H3,(H,20,25). The molecule has 0 saturated heterocycles. The van der Waals surface area contributed by atoms with E-state index in [1.54, 1.807) is 10.7 Å². The fourth-order valence-electron chi connectivity index (χ4n) is 2.36. The molecule has 0 radical (unpaired) electrons. The molecular weight excluding hydrogens is 386 g/mol. The van der Waals surface area contributed by atoms with E-state index < -0.39 is 0 Å². The third-order valence-corrected chi connectivity index (χ3v) is 4.70. The number of ether oxygens (including phenoxy) is 1. The average molecular weight is 404 g/mol. The van der Waals surface area contributed by atoms with E-state index in [0.29, 0.717) is 29.1 Å². The molecule has 140 valence electrons. The van der Waals surface area contributed by atoms with Gasteiger partial charge in [-0.3, -0.25) is 4.79 Å². The minimum atomic E-state index is -0.118. The van der Waals surface area contributed by atoms with E-state index in [1.165, 1.54) is 11.8 Å².